The highest BCUT2D eigenvalue weighted by Gasteiger charge is 2.18. The minimum Gasteiger partial charge on any atom is -0.304 e. The van der Waals surface area contributed by atoms with Gasteiger partial charge in [-0.25, -0.2) is 9.97 Å². The zero-order valence-electron chi connectivity index (χ0n) is 11.3. The van der Waals surface area contributed by atoms with Crippen LogP contribution in [-0.2, 0) is 6.54 Å². The smallest absolute Gasteiger partial charge is 0.278 e. The Morgan fingerprint density at radius 2 is 2.05 bits per heavy atom. The average Bonchev–Trinajstić information content (AvgIpc) is 2.85. The summed E-state index contributed by atoms with van der Waals surface area (Å²) in [6.45, 7) is 6.59. The van der Waals surface area contributed by atoms with Crippen LogP contribution >= 0.6 is 0 Å². The Morgan fingerprint density at radius 3 is 2.79 bits per heavy atom. The first-order valence-electron chi connectivity index (χ1n) is 6.47. The molecule has 1 fully saturated rings. The molecule has 0 spiro atoms. The van der Waals surface area contributed by atoms with Crippen LogP contribution in [0.1, 0.15) is 11.3 Å². The topological polar surface area (TPSA) is 69.5 Å². The number of rotatable bonds is 2. The second-order valence-electron chi connectivity index (χ2n) is 5.08. The third-order valence-corrected chi connectivity index (χ3v) is 3.71. The summed E-state index contributed by atoms with van der Waals surface area (Å²) in [5.41, 5.74) is 1.49. The Bertz CT molecular complexity index is 637. The lowest BCUT2D eigenvalue weighted by molar-refractivity contribution is 0.147. The zero-order valence-corrected chi connectivity index (χ0v) is 11.3. The Kier molecular flexibility index (Phi) is 3.08. The van der Waals surface area contributed by atoms with Gasteiger partial charge in [0.05, 0.1) is 11.3 Å². The number of hydrogen-bond donors (Lipinski definition) is 1. The van der Waals surface area contributed by atoms with Crippen LogP contribution in [0.5, 0.6) is 0 Å². The molecule has 19 heavy (non-hydrogen) atoms. The molecule has 0 bridgehead atoms. The van der Waals surface area contributed by atoms with E-state index in [1.165, 1.54) is 10.8 Å². The van der Waals surface area contributed by atoms with Gasteiger partial charge in [0.2, 0.25) is 0 Å². The third-order valence-electron chi connectivity index (χ3n) is 3.71. The number of nitrogens with zero attached hydrogens (tertiary/aromatic N) is 5. The van der Waals surface area contributed by atoms with Crippen LogP contribution in [0.2, 0.25) is 0 Å². The van der Waals surface area contributed by atoms with Gasteiger partial charge >= 0.3 is 0 Å². The Labute approximate surface area is 110 Å². The number of H-pyrrole nitrogens is 1. The summed E-state index contributed by atoms with van der Waals surface area (Å²) in [5, 5.41) is 2.80. The Hall–Kier alpha value is -1.73. The molecule has 0 atom stereocenters. The second-order valence-corrected chi connectivity index (χ2v) is 5.08. The van der Waals surface area contributed by atoms with Gasteiger partial charge in [-0.2, -0.15) is 4.52 Å². The maximum atomic E-state index is 12.4. The van der Waals surface area contributed by atoms with Crippen molar-refractivity contribution in [1.29, 1.82) is 0 Å². The first-order valence-corrected chi connectivity index (χ1v) is 6.47. The monoisotopic (exact) mass is 262 g/mol. The van der Waals surface area contributed by atoms with E-state index in [-0.39, 0.29) is 5.56 Å². The van der Waals surface area contributed by atoms with E-state index in [9.17, 15) is 4.79 Å². The lowest BCUT2D eigenvalue weighted by atomic mass is 10.2. The van der Waals surface area contributed by atoms with E-state index in [4.69, 9.17) is 0 Å². The normalized spacial score (nSPS) is 18.2. The highest BCUT2D eigenvalue weighted by Crippen LogP contribution is 2.07. The van der Waals surface area contributed by atoms with Crippen LogP contribution < -0.4 is 5.56 Å². The van der Waals surface area contributed by atoms with Gasteiger partial charge in [-0.1, -0.05) is 0 Å². The van der Waals surface area contributed by atoms with E-state index in [0.29, 0.717) is 12.3 Å². The molecule has 0 radical (unpaired) electrons. The molecule has 2 aromatic rings. The van der Waals surface area contributed by atoms with Crippen molar-refractivity contribution in [1.82, 2.24) is 29.4 Å². The average molecular weight is 262 g/mol. The van der Waals surface area contributed by atoms with Crippen molar-refractivity contribution < 1.29 is 0 Å². The molecule has 0 unspecified atom stereocenters. The van der Waals surface area contributed by atoms with Gasteiger partial charge in [-0.15, -0.1) is 0 Å². The zero-order chi connectivity index (χ0) is 13.4. The maximum absolute atomic E-state index is 12.4. The number of aromatic amines is 1. The van der Waals surface area contributed by atoms with Crippen LogP contribution in [0, 0.1) is 6.92 Å². The molecule has 1 aliphatic rings. The molecule has 1 N–H and O–H groups in total. The van der Waals surface area contributed by atoms with Crippen LogP contribution in [0.3, 0.4) is 0 Å². The molecule has 7 heteroatoms. The van der Waals surface area contributed by atoms with Crippen LogP contribution in [0.4, 0.5) is 0 Å². The fraction of sp³-hybridized carbons (Fsp3) is 0.583. The first kappa shape index (κ1) is 12.3. The fourth-order valence-corrected chi connectivity index (χ4v) is 2.41. The molecule has 0 aromatic carbocycles. The van der Waals surface area contributed by atoms with E-state index in [1.807, 2.05) is 6.92 Å². The summed E-state index contributed by atoms with van der Waals surface area (Å²) in [6, 6.07) is 0. The molecular formula is C12H18N6O. The number of hydrogen-bond acceptors (Lipinski definition) is 5. The van der Waals surface area contributed by atoms with Gasteiger partial charge in [0, 0.05) is 32.7 Å². The van der Waals surface area contributed by atoms with Crippen LogP contribution in [0.25, 0.3) is 5.78 Å². The van der Waals surface area contributed by atoms with Crippen molar-refractivity contribution in [3.05, 3.63) is 27.9 Å². The van der Waals surface area contributed by atoms with Crippen molar-refractivity contribution in [2.24, 2.45) is 0 Å². The van der Waals surface area contributed by atoms with E-state index in [0.717, 1.165) is 37.4 Å². The predicted molar refractivity (Wildman–Crippen MR) is 71.1 cm³/mol. The maximum Gasteiger partial charge on any atom is 0.278 e. The summed E-state index contributed by atoms with van der Waals surface area (Å²) in [6.07, 6.45) is 1.49. The molecule has 0 saturated carbocycles. The fourth-order valence-electron chi connectivity index (χ4n) is 2.41. The van der Waals surface area contributed by atoms with E-state index < -0.39 is 0 Å². The second kappa shape index (κ2) is 4.75. The third kappa shape index (κ3) is 2.26. The number of fused-ring (bicyclic) bond motifs is 1. The number of likely N-dealkylation sites (N-methyl/N-ethyl adjacent to an activating group) is 1. The molecule has 0 aliphatic carbocycles. The van der Waals surface area contributed by atoms with E-state index >= 15 is 0 Å². The molecule has 0 amide bonds. The van der Waals surface area contributed by atoms with Crippen molar-refractivity contribution in [2.45, 2.75) is 13.5 Å². The van der Waals surface area contributed by atoms with Crippen molar-refractivity contribution >= 4 is 5.78 Å². The standard InChI is InChI=1S/C12H18N6O/c1-9-10(7-17-5-3-16(2)4-6-17)11(19)18-12(15-9)13-8-14-18/h8H,3-7H2,1-2H3,(H,13,14,15). The molecule has 3 rings (SSSR count). The summed E-state index contributed by atoms with van der Waals surface area (Å²) in [5.74, 6) is 0.435. The van der Waals surface area contributed by atoms with Gasteiger partial charge in [-0.05, 0) is 14.0 Å². The lowest BCUT2D eigenvalue weighted by Crippen LogP contribution is -2.44. The summed E-state index contributed by atoms with van der Waals surface area (Å²) in [7, 11) is 2.12. The quantitative estimate of drug-likeness (QED) is 0.788. The molecule has 7 nitrogen and oxygen atoms in total. The van der Waals surface area contributed by atoms with Crippen LogP contribution in [0.15, 0.2) is 11.1 Å². The van der Waals surface area contributed by atoms with Gasteiger partial charge in [-0.3, -0.25) is 14.8 Å². The molecule has 102 valence electrons. The highest BCUT2D eigenvalue weighted by molar-refractivity contribution is 5.30. The van der Waals surface area contributed by atoms with Gasteiger partial charge in [0.15, 0.2) is 0 Å². The lowest BCUT2D eigenvalue weighted by Gasteiger charge is -2.32. The number of nitrogens with one attached hydrogen (secondary N) is 1. The first-order chi connectivity index (χ1) is 9.15. The predicted octanol–water partition coefficient (Wildman–Crippen LogP) is -0.527. The molecular weight excluding hydrogens is 244 g/mol. The molecule has 1 aliphatic heterocycles. The minimum atomic E-state index is -0.0427. The van der Waals surface area contributed by atoms with Gasteiger partial charge in [0.25, 0.3) is 11.3 Å². The number of piperazine rings is 1. The Morgan fingerprint density at radius 1 is 1.32 bits per heavy atom. The summed E-state index contributed by atoms with van der Waals surface area (Å²) >= 11 is 0. The largest absolute Gasteiger partial charge is 0.304 e. The highest BCUT2D eigenvalue weighted by atomic mass is 16.1. The van der Waals surface area contributed by atoms with Crippen LogP contribution in [-0.4, -0.2) is 62.6 Å². The Balaban J connectivity index is 1.90. The van der Waals surface area contributed by atoms with E-state index in [2.05, 4.69) is 31.9 Å². The molecule has 2 aromatic heterocycles. The minimum absolute atomic E-state index is 0.0427. The molecule has 1 saturated heterocycles. The van der Waals surface area contributed by atoms with Crippen molar-refractivity contribution in [3.8, 4) is 0 Å². The SMILES string of the molecule is Cc1nc2nc[nH]n2c(=O)c1CN1CCN(C)CC1. The van der Waals surface area contributed by atoms with Gasteiger partial charge < -0.3 is 4.90 Å². The van der Waals surface area contributed by atoms with Crippen molar-refractivity contribution in [2.75, 3.05) is 33.2 Å². The molecule has 3 heterocycles. The summed E-state index contributed by atoms with van der Waals surface area (Å²) in [4.78, 5) is 25.3. The number of aryl methyl sites for hydroxylation is 1. The van der Waals surface area contributed by atoms with E-state index in [1.54, 1.807) is 0 Å². The number of aromatic nitrogens is 4. The summed E-state index contributed by atoms with van der Waals surface area (Å²) < 4.78 is 1.40. The van der Waals surface area contributed by atoms with Gasteiger partial charge in [0.1, 0.15) is 6.33 Å². The van der Waals surface area contributed by atoms with Crippen molar-refractivity contribution in [3.63, 3.8) is 0 Å².